The average molecular weight is 373 g/mol. The predicted molar refractivity (Wildman–Crippen MR) is 118 cm³/mol. The number of rotatable bonds is 0. The largest absolute Gasteiger partial charge is 0.0807 e. The highest BCUT2D eigenvalue weighted by molar-refractivity contribution is 5.94. The van der Waals surface area contributed by atoms with Gasteiger partial charge in [-0.2, -0.15) is 0 Å². The summed E-state index contributed by atoms with van der Waals surface area (Å²) in [5, 5.41) is 0. The summed E-state index contributed by atoms with van der Waals surface area (Å²) in [5.74, 6) is 3.78. The molecule has 0 saturated heterocycles. The van der Waals surface area contributed by atoms with Crippen LogP contribution in [0, 0.1) is 29.6 Å². The zero-order chi connectivity index (χ0) is 18.9. The monoisotopic (exact) mass is 372 g/mol. The van der Waals surface area contributed by atoms with Crippen molar-refractivity contribution in [2.75, 3.05) is 0 Å². The van der Waals surface area contributed by atoms with Gasteiger partial charge in [-0.3, -0.25) is 0 Å². The van der Waals surface area contributed by atoms with Gasteiger partial charge in [-0.1, -0.05) is 79.8 Å². The van der Waals surface area contributed by atoms with Crippen molar-refractivity contribution >= 4 is 5.57 Å². The van der Waals surface area contributed by atoms with Crippen LogP contribution in [-0.2, 0) is 5.41 Å². The van der Waals surface area contributed by atoms with E-state index >= 15 is 0 Å². The minimum atomic E-state index is -0.0877. The summed E-state index contributed by atoms with van der Waals surface area (Å²) in [6.45, 7) is 2.45. The highest BCUT2D eigenvalue weighted by atomic mass is 14.6. The number of hydrogen-bond acceptors (Lipinski definition) is 0. The van der Waals surface area contributed by atoms with Crippen LogP contribution in [0.1, 0.15) is 30.9 Å². The maximum Gasteiger partial charge on any atom is 0.0718 e. The Balaban J connectivity index is 1.53. The Morgan fingerprint density at radius 2 is 1.86 bits per heavy atom. The molecular weight excluding hydrogens is 348 g/mol. The highest BCUT2D eigenvalue weighted by Crippen LogP contribution is 2.72. The van der Waals surface area contributed by atoms with E-state index in [0.29, 0.717) is 0 Å². The molecule has 2 fully saturated rings. The van der Waals surface area contributed by atoms with Gasteiger partial charge in [0, 0.05) is 0 Å². The van der Waals surface area contributed by atoms with Crippen molar-refractivity contribution in [2.45, 2.75) is 25.2 Å². The molecule has 0 heterocycles. The van der Waals surface area contributed by atoms with E-state index in [9.17, 15) is 0 Å². The summed E-state index contributed by atoms with van der Waals surface area (Å²) in [7, 11) is 0. The molecule has 2 saturated carbocycles. The van der Waals surface area contributed by atoms with Gasteiger partial charge in [0.15, 0.2) is 0 Å². The molecule has 0 radical (unpaired) electrons. The quantitative estimate of drug-likeness (QED) is 0.489. The minimum absolute atomic E-state index is 0.0877. The Labute approximate surface area is 172 Å². The van der Waals surface area contributed by atoms with Crippen molar-refractivity contribution < 1.29 is 0 Å². The molecule has 29 heavy (non-hydrogen) atoms. The summed E-state index contributed by atoms with van der Waals surface area (Å²) < 4.78 is 0. The lowest BCUT2D eigenvalue weighted by Gasteiger charge is -2.34. The van der Waals surface area contributed by atoms with Crippen molar-refractivity contribution in [1.29, 1.82) is 0 Å². The van der Waals surface area contributed by atoms with Crippen molar-refractivity contribution in [1.82, 2.24) is 0 Å². The van der Waals surface area contributed by atoms with E-state index in [2.05, 4.69) is 79.8 Å². The van der Waals surface area contributed by atoms with Crippen LogP contribution in [0.4, 0.5) is 0 Å². The fourth-order valence-corrected chi connectivity index (χ4v) is 7.44. The highest BCUT2D eigenvalue weighted by Gasteiger charge is 2.62. The Hall–Kier alpha value is -2.60. The SMILES string of the molecule is CC1C2C=CC3=C(C4=CCC=CC=C4C34C3=C(c5ccccc54)C4CC4C=C3)C12. The van der Waals surface area contributed by atoms with Crippen LogP contribution in [0.5, 0.6) is 0 Å². The summed E-state index contributed by atoms with van der Waals surface area (Å²) in [6.07, 6.45) is 22.1. The van der Waals surface area contributed by atoms with Gasteiger partial charge in [-0.05, 0) is 87.0 Å². The summed E-state index contributed by atoms with van der Waals surface area (Å²) in [5.41, 5.74) is 12.6. The second-order valence-electron chi connectivity index (χ2n) is 10.00. The van der Waals surface area contributed by atoms with Crippen LogP contribution in [0.25, 0.3) is 5.57 Å². The molecular formula is C29H24. The zero-order valence-corrected chi connectivity index (χ0v) is 16.7. The van der Waals surface area contributed by atoms with Crippen LogP contribution in [-0.4, -0.2) is 0 Å². The van der Waals surface area contributed by atoms with Crippen molar-refractivity contribution in [3.8, 4) is 0 Å². The molecule has 0 amide bonds. The Bertz CT molecular complexity index is 1240. The summed E-state index contributed by atoms with van der Waals surface area (Å²) >= 11 is 0. The van der Waals surface area contributed by atoms with Crippen LogP contribution < -0.4 is 0 Å². The van der Waals surface area contributed by atoms with Gasteiger partial charge in [0.25, 0.3) is 0 Å². The van der Waals surface area contributed by atoms with Gasteiger partial charge in [-0.15, -0.1) is 0 Å². The molecule has 6 unspecified atom stereocenters. The molecule has 140 valence electrons. The number of benzene rings is 1. The lowest BCUT2D eigenvalue weighted by molar-refractivity contribution is 0.758. The normalized spacial score (nSPS) is 41.2. The first-order valence-electron chi connectivity index (χ1n) is 11.4. The van der Waals surface area contributed by atoms with Crippen LogP contribution in [0.15, 0.2) is 101 Å². The predicted octanol–water partition coefficient (Wildman–Crippen LogP) is 6.47. The number of hydrogen-bond donors (Lipinski definition) is 0. The molecule has 0 bridgehead atoms. The minimum Gasteiger partial charge on any atom is -0.0807 e. The van der Waals surface area contributed by atoms with Crippen LogP contribution in [0.3, 0.4) is 0 Å². The van der Waals surface area contributed by atoms with Crippen LogP contribution >= 0.6 is 0 Å². The second kappa shape index (κ2) is 4.75. The first-order valence-corrected chi connectivity index (χ1v) is 11.4. The Morgan fingerprint density at radius 3 is 2.83 bits per heavy atom. The van der Waals surface area contributed by atoms with Gasteiger partial charge in [0.2, 0.25) is 0 Å². The van der Waals surface area contributed by atoms with E-state index in [1.54, 1.807) is 33.4 Å². The Kier molecular flexibility index (Phi) is 2.50. The van der Waals surface area contributed by atoms with Crippen molar-refractivity contribution in [3.05, 3.63) is 112 Å². The average Bonchev–Trinajstić information content (AvgIpc) is 3.64. The van der Waals surface area contributed by atoms with Crippen molar-refractivity contribution in [3.63, 3.8) is 0 Å². The smallest absolute Gasteiger partial charge is 0.0718 e. The fourth-order valence-electron chi connectivity index (χ4n) is 7.44. The third-order valence-corrected chi connectivity index (χ3v) is 8.84. The number of fused-ring (bicyclic) bond motifs is 12. The standard InChI is InChI=1S/C29H24/c1-16-18-12-14-25-28(26(16)18)20-7-3-2-4-9-23(20)29(25)22-10-6-5-8-19(22)27-21-15-17(21)11-13-24(27)29/h2,4-14,16-18,21,26H,3,15H2,1H3. The lowest BCUT2D eigenvalue weighted by Crippen LogP contribution is -2.28. The van der Waals surface area contributed by atoms with E-state index in [4.69, 9.17) is 0 Å². The van der Waals surface area contributed by atoms with Gasteiger partial charge in [0.1, 0.15) is 0 Å². The molecule has 1 aromatic carbocycles. The summed E-state index contributed by atoms with van der Waals surface area (Å²) in [6, 6.07) is 9.34. The second-order valence-corrected chi connectivity index (χ2v) is 10.00. The third kappa shape index (κ3) is 1.56. The van der Waals surface area contributed by atoms with Gasteiger partial charge >= 0.3 is 0 Å². The molecule has 0 N–H and O–H groups in total. The summed E-state index contributed by atoms with van der Waals surface area (Å²) in [4.78, 5) is 0. The molecule has 0 aliphatic heterocycles. The van der Waals surface area contributed by atoms with E-state index in [0.717, 1.165) is 36.0 Å². The maximum atomic E-state index is 2.53. The Morgan fingerprint density at radius 1 is 1.00 bits per heavy atom. The zero-order valence-electron chi connectivity index (χ0n) is 16.7. The molecule has 0 aromatic heterocycles. The van der Waals surface area contributed by atoms with Gasteiger partial charge in [0.05, 0.1) is 5.41 Å². The van der Waals surface area contributed by atoms with E-state index in [1.807, 2.05) is 0 Å². The topological polar surface area (TPSA) is 0 Å². The van der Waals surface area contributed by atoms with Gasteiger partial charge in [-0.25, -0.2) is 0 Å². The first-order chi connectivity index (χ1) is 14.3. The molecule has 7 aliphatic rings. The molecule has 8 rings (SSSR count). The molecule has 1 aromatic rings. The first kappa shape index (κ1) is 15.3. The van der Waals surface area contributed by atoms with Crippen molar-refractivity contribution in [2.24, 2.45) is 29.6 Å². The molecule has 7 aliphatic carbocycles. The molecule has 1 spiro atoms. The molecule has 0 heteroatoms. The van der Waals surface area contributed by atoms with E-state index < -0.39 is 0 Å². The molecule has 0 nitrogen and oxygen atoms in total. The van der Waals surface area contributed by atoms with E-state index in [-0.39, 0.29) is 5.41 Å². The lowest BCUT2D eigenvalue weighted by atomic mass is 9.67. The van der Waals surface area contributed by atoms with Crippen LogP contribution in [0.2, 0.25) is 0 Å². The fraction of sp³-hybridized carbons (Fsp3) is 0.310. The van der Waals surface area contributed by atoms with E-state index in [1.165, 1.54) is 17.5 Å². The number of allylic oxidation sites excluding steroid dienone is 14. The molecule has 6 atom stereocenters. The third-order valence-electron chi connectivity index (χ3n) is 8.84. The maximum absolute atomic E-state index is 2.53. The van der Waals surface area contributed by atoms with Gasteiger partial charge < -0.3 is 0 Å².